The number of thiophene rings is 1. The monoisotopic (exact) mass is 310 g/mol. The molecule has 0 radical (unpaired) electrons. The molecule has 1 aromatic carbocycles. The van der Waals surface area contributed by atoms with Crippen LogP contribution in [0.4, 0.5) is 5.69 Å². The fourth-order valence-electron chi connectivity index (χ4n) is 2.34. The minimum Gasteiger partial charge on any atom is -0.397 e. The molecule has 0 aliphatic carbocycles. The Labute approximate surface area is 126 Å². The van der Waals surface area contributed by atoms with E-state index in [1.807, 2.05) is 17.0 Å². The van der Waals surface area contributed by atoms with Gasteiger partial charge in [-0.25, -0.2) is 0 Å². The van der Waals surface area contributed by atoms with Crippen LogP contribution >= 0.6 is 22.9 Å². The van der Waals surface area contributed by atoms with Gasteiger partial charge in [0.05, 0.1) is 12.3 Å². The van der Waals surface area contributed by atoms with Crippen molar-refractivity contribution in [2.45, 2.75) is 6.42 Å². The van der Waals surface area contributed by atoms with Gasteiger partial charge >= 0.3 is 0 Å². The highest BCUT2D eigenvalue weighted by atomic mass is 35.5. The first-order valence-electron chi connectivity index (χ1n) is 6.51. The van der Waals surface area contributed by atoms with Gasteiger partial charge in [-0.15, -0.1) is 11.3 Å². The maximum Gasteiger partial charge on any atom is 0.266 e. The van der Waals surface area contributed by atoms with E-state index in [-0.39, 0.29) is 5.91 Å². The van der Waals surface area contributed by atoms with Crippen LogP contribution in [0.15, 0.2) is 18.2 Å². The van der Waals surface area contributed by atoms with Crippen molar-refractivity contribution in [3.63, 3.8) is 0 Å². The van der Waals surface area contributed by atoms with Gasteiger partial charge in [0.15, 0.2) is 0 Å². The van der Waals surface area contributed by atoms with Crippen LogP contribution in [-0.2, 0) is 4.74 Å². The molecule has 1 aliphatic rings. The van der Waals surface area contributed by atoms with Gasteiger partial charge in [-0.3, -0.25) is 4.79 Å². The summed E-state index contributed by atoms with van der Waals surface area (Å²) in [6, 6.07) is 5.51. The number of hydrogen-bond acceptors (Lipinski definition) is 4. The minimum absolute atomic E-state index is 0.00896. The molecule has 1 aliphatic heterocycles. The molecule has 1 aromatic heterocycles. The summed E-state index contributed by atoms with van der Waals surface area (Å²) in [6.07, 6.45) is 0.863. The largest absolute Gasteiger partial charge is 0.397 e. The van der Waals surface area contributed by atoms with Gasteiger partial charge in [0.25, 0.3) is 5.91 Å². The molecule has 1 saturated heterocycles. The molecule has 106 valence electrons. The summed E-state index contributed by atoms with van der Waals surface area (Å²) in [5, 5.41) is 1.55. The SMILES string of the molecule is Nc1c(C(=O)N2CCCOCC2)sc2cc(Cl)ccc12. The Morgan fingerprint density at radius 1 is 1.35 bits per heavy atom. The maximum atomic E-state index is 12.6. The number of ether oxygens (including phenoxy) is 1. The van der Waals surface area contributed by atoms with Crippen molar-refractivity contribution in [2.24, 2.45) is 0 Å². The standard InChI is InChI=1S/C14H15ClN2O2S/c15-9-2-3-10-11(8-9)20-13(12(10)16)14(18)17-4-1-6-19-7-5-17/h2-3,8H,1,4-7,16H2. The van der Waals surface area contributed by atoms with Crippen LogP contribution in [0.25, 0.3) is 10.1 Å². The Hall–Kier alpha value is -1.30. The van der Waals surface area contributed by atoms with E-state index < -0.39 is 0 Å². The number of fused-ring (bicyclic) bond motifs is 1. The number of carbonyl (C=O) groups is 1. The predicted octanol–water partition coefficient (Wildman–Crippen LogP) is 3.00. The molecule has 2 aromatic rings. The van der Waals surface area contributed by atoms with E-state index in [0.717, 1.165) is 16.5 Å². The van der Waals surface area contributed by atoms with Crippen LogP contribution in [0.1, 0.15) is 16.1 Å². The highest BCUT2D eigenvalue weighted by molar-refractivity contribution is 7.21. The smallest absolute Gasteiger partial charge is 0.266 e. The average Bonchev–Trinajstić information content (AvgIpc) is 2.65. The molecule has 1 fully saturated rings. The third kappa shape index (κ3) is 2.49. The summed E-state index contributed by atoms with van der Waals surface area (Å²) >= 11 is 7.39. The number of carbonyl (C=O) groups excluding carboxylic acids is 1. The van der Waals surface area contributed by atoms with Crippen LogP contribution < -0.4 is 5.73 Å². The van der Waals surface area contributed by atoms with Gasteiger partial charge < -0.3 is 15.4 Å². The normalized spacial score (nSPS) is 16.4. The van der Waals surface area contributed by atoms with Gasteiger partial charge in [-0.1, -0.05) is 11.6 Å². The van der Waals surface area contributed by atoms with Crippen LogP contribution in [-0.4, -0.2) is 37.1 Å². The van der Waals surface area contributed by atoms with Gasteiger partial charge in [0.2, 0.25) is 0 Å². The van der Waals surface area contributed by atoms with Gasteiger partial charge in [0.1, 0.15) is 4.88 Å². The summed E-state index contributed by atoms with van der Waals surface area (Å²) in [5.41, 5.74) is 6.68. The topological polar surface area (TPSA) is 55.6 Å². The molecule has 20 heavy (non-hydrogen) atoms. The molecule has 2 N–H and O–H groups in total. The first-order chi connectivity index (χ1) is 9.66. The van der Waals surface area contributed by atoms with Crippen molar-refractivity contribution in [3.8, 4) is 0 Å². The Morgan fingerprint density at radius 2 is 2.20 bits per heavy atom. The summed E-state index contributed by atoms with van der Waals surface area (Å²) in [5.74, 6) is -0.00896. The Kier molecular flexibility index (Phi) is 3.83. The third-order valence-electron chi connectivity index (χ3n) is 3.39. The lowest BCUT2D eigenvalue weighted by Crippen LogP contribution is -2.33. The van der Waals surface area contributed by atoms with E-state index >= 15 is 0 Å². The highest BCUT2D eigenvalue weighted by Crippen LogP contribution is 2.36. The average molecular weight is 311 g/mol. The number of hydrogen-bond donors (Lipinski definition) is 1. The van der Waals surface area contributed by atoms with Gasteiger partial charge in [-0.2, -0.15) is 0 Å². The zero-order chi connectivity index (χ0) is 14.1. The molecule has 1 amide bonds. The van der Waals surface area contributed by atoms with Gasteiger partial charge in [0, 0.05) is 34.8 Å². The molecule has 3 rings (SSSR count). The quantitative estimate of drug-likeness (QED) is 0.881. The maximum absolute atomic E-state index is 12.6. The molecule has 0 spiro atoms. The zero-order valence-electron chi connectivity index (χ0n) is 10.9. The lowest BCUT2D eigenvalue weighted by Gasteiger charge is -2.18. The number of anilines is 1. The summed E-state index contributed by atoms with van der Waals surface area (Å²) < 4.78 is 6.32. The minimum atomic E-state index is -0.00896. The number of halogens is 1. The van der Waals surface area contributed by atoms with Crippen molar-refractivity contribution >= 4 is 44.6 Å². The number of nitrogens with two attached hydrogens (primary N) is 1. The highest BCUT2D eigenvalue weighted by Gasteiger charge is 2.22. The van der Waals surface area contributed by atoms with Crippen LogP contribution in [0.2, 0.25) is 5.02 Å². The number of nitrogen functional groups attached to an aromatic ring is 1. The van der Waals surface area contributed by atoms with E-state index in [1.165, 1.54) is 11.3 Å². The summed E-state index contributed by atoms with van der Waals surface area (Å²) in [6.45, 7) is 2.63. The first kappa shape index (κ1) is 13.7. The molecule has 2 heterocycles. The van der Waals surface area contributed by atoms with E-state index in [0.29, 0.717) is 41.9 Å². The Morgan fingerprint density at radius 3 is 3.05 bits per heavy atom. The number of nitrogens with zero attached hydrogens (tertiary/aromatic N) is 1. The molecule has 4 nitrogen and oxygen atoms in total. The Bertz CT molecular complexity index is 648. The molecule has 0 saturated carbocycles. The molecular formula is C14H15ClN2O2S. The third-order valence-corrected chi connectivity index (χ3v) is 4.79. The summed E-state index contributed by atoms with van der Waals surface area (Å²) in [4.78, 5) is 15.0. The summed E-state index contributed by atoms with van der Waals surface area (Å²) in [7, 11) is 0. The fraction of sp³-hybridized carbons (Fsp3) is 0.357. The molecule has 6 heteroatoms. The van der Waals surface area contributed by atoms with Gasteiger partial charge in [-0.05, 0) is 24.6 Å². The van der Waals surface area contributed by atoms with E-state index in [1.54, 1.807) is 6.07 Å². The van der Waals surface area contributed by atoms with E-state index in [4.69, 9.17) is 22.1 Å². The second kappa shape index (κ2) is 5.60. The Balaban J connectivity index is 1.96. The van der Waals surface area contributed by atoms with Crippen molar-refractivity contribution < 1.29 is 9.53 Å². The van der Waals surface area contributed by atoms with Crippen molar-refractivity contribution in [1.29, 1.82) is 0 Å². The zero-order valence-corrected chi connectivity index (χ0v) is 12.5. The molecule has 0 bridgehead atoms. The lowest BCUT2D eigenvalue weighted by atomic mass is 10.2. The van der Waals surface area contributed by atoms with Crippen LogP contribution in [0, 0.1) is 0 Å². The van der Waals surface area contributed by atoms with Crippen molar-refractivity contribution in [3.05, 3.63) is 28.1 Å². The van der Waals surface area contributed by atoms with E-state index in [9.17, 15) is 4.79 Å². The fourth-order valence-corrected chi connectivity index (χ4v) is 3.71. The van der Waals surface area contributed by atoms with Crippen molar-refractivity contribution in [1.82, 2.24) is 4.90 Å². The van der Waals surface area contributed by atoms with Crippen molar-refractivity contribution in [2.75, 3.05) is 32.0 Å². The van der Waals surface area contributed by atoms with E-state index in [2.05, 4.69) is 0 Å². The number of amides is 1. The first-order valence-corrected chi connectivity index (χ1v) is 7.71. The molecule has 0 unspecified atom stereocenters. The molecular weight excluding hydrogens is 296 g/mol. The lowest BCUT2D eigenvalue weighted by molar-refractivity contribution is 0.0747. The second-order valence-corrected chi connectivity index (χ2v) is 6.23. The predicted molar refractivity (Wildman–Crippen MR) is 82.6 cm³/mol. The number of rotatable bonds is 1. The number of benzene rings is 1. The van der Waals surface area contributed by atoms with Crippen LogP contribution in [0.5, 0.6) is 0 Å². The second-order valence-electron chi connectivity index (χ2n) is 4.74. The van der Waals surface area contributed by atoms with Crippen LogP contribution in [0.3, 0.4) is 0 Å². The molecule has 0 atom stereocenters.